The summed E-state index contributed by atoms with van der Waals surface area (Å²) in [6.07, 6.45) is 3.82. The van der Waals surface area contributed by atoms with E-state index < -0.39 is 12.0 Å². The van der Waals surface area contributed by atoms with E-state index in [2.05, 4.69) is 10.3 Å². The lowest BCUT2D eigenvalue weighted by Gasteiger charge is -2.11. The number of thiazole rings is 1. The van der Waals surface area contributed by atoms with Gasteiger partial charge in [-0.05, 0) is 20.3 Å². The monoisotopic (exact) mass is 344 g/mol. The van der Waals surface area contributed by atoms with Crippen molar-refractivity contribution in [2.75, 3.05) is 0 Å². The molecular formula is C18H20N2O3S. The second kappa shape index (κ2) is 8.40. The van der Waals surface area contributed by atoms with Gasteiger partial charge in [-0.2, -0.15) is 0 Å². The van der Waals surface area contributed by atoms with Gasteiger partial charge in [-0.25, -0.2) is 9.78 Å². The lowest BCUT2D eigenvalue weighted by molar-refractivity contribution is -0.141. The Morgan fingerprint density at radius 3 is 2.67 bits per heavy atom. The summed E-state index contributed by atoms with van der Waals surface area (Å²) in [6.45, 7) is 3.83. The normalized spacial score (nSPS) is 12.2. The lowest BCUT2D eigenvalue weighted by atomic mass is 10.1. The van der Waals surface area contributed by atoms with Crippen LogP contribution in [-0.4, -0.2) is 28.0 Å². The molecule has 1 aromatic carbocycles. The highest BCUT2D eigenvalue weighted by molar-refractivity contribution is 7.13. The van der Waals surface area contributed by atoms with Crippen LogP contribution in [0.3, 0.4) is 0 Å². The fourth-order valence-electron chi connectivity index (χ4n) is 2.12. The van der Waals surface area contributed by atoms with Crippen LogP contribution < -0.4 is 5.32 Å². The third-order valence-corrected chi connectivity index (χ3v) is 4.37. The minimum absolute atomic E-state index is 0.0714. The van der Waals surface area contributed by atoms with Crippen LogP contribution in [0.1, 0.15) is 24.6 Å². The Labute approximate surface area is 145 Å². The summed E-state index contributed by atoms with van der Waals surface area (Å²) in [7, 11) is 0. The van der Waals surface area contributed by atoms with Crippen molar-refractivity contribution in [3.05, 3.63) is 53.1 Å². The van der Waals surface area contributed by atoms with Crippen molar-refractivity contribution in [3.8, 4) is 10.6 Å². The van der Waals surface area contributed by atoms with Crippen molar-refractivity contribution in [3.63, 3.8) is 0 Å². The number of nitrogens with one attached hydrogen (secondary N) is 1. The zero-order valence-corrected chi connectivity index (χ0v) is 14.5. The summed E-state index contributed by atoms with van der Waals surface area (Å²) < 4.78 is 0. The standard InChI is InChI=1S/C18H20N2O3S/c1-3-4-5-15(18(22)23)20-16(21)10-14-11-24-17(19-14)13-8-6-12(2)7-9-13/h3-4,6-9,11,15H,5,10H2,1-2H3,(H,20,21)(H,22,23)/b4-3+. The molecule has 0 radical (unpaired) electrons. The number of aliphatic carboxylic acids is 1. The van der Waals surface area contributed by atoms with Crippen LogP contribution in [0.15, 0.2) is 41.8 Å². The van der Waals surface area contributed by atoms with E-state index in [9.17, 15) is 9.59 Å². The Kier molecular flexibility index (Phi) is 6.26. The molecule has 0 fully saturated rings. The van der Waals surface area contributed by atoms with Crippen LogP contribution in [0.2, 0.25) is 0 Å². The van der Waals surface area contributed by atoms with Gasteiger partial charge in [0.15, 0.2) is 0 Å². The third kappa shape index (κ3) is 5.03. The van der Waals surface area contributed by atoms with Crippen LogP contribution in [0.5, 0.6) is 0 Å². The molecular weight excluding hydrogens is 324 g/mol. The third-order valence-electron chi connectivity index (χ3n) is 3.43. The van der Waals surface area contributed by atoms with E-state index in [1.807, 2.05) is 43.5 Å². The first-order valence-corrected chi connectivity index (χ1v) is 8.52. The van der Waals surface area contributed by atoms with Gasteiger partial charge in [0.25, 0.3) is 0 Å². The topological polar surface area (TPSA) is 79.3 Å². The van der Waals surface area contributed by atoms with E-state index in [1.54, 1.807) is 12.2 Å². The SMILES string of the molecule is C/C=C/CC(NC(=O)Cc1csc(-c2ccc(C)cc2)n1)C(=O)O. The van der Waals surface area contributed by atoms with Crippen molar-refractivity contribution in [2.45, 2.75) is 32.7 Å². The number of hydrogen-bond donors (Lipinski definition) is 2. The van der Waals surface area contributed by atoms with Gasteiger partial charge < -0.3 is 10.4 Å². The van der Waals surface area contributed by atoms with E-state index in [0.717, 1.165) is 10.6 Å². The predicted octanol–water partition coefficient (Wildman–Crippen LogP) is 3.20. The summed E-state index contributed by atoms with van der Waals surface area (Å²) in [5.41, 5.74) is 2.83. The zero-order chi connectivity index (χ0) is 17.5. The van der Waals surface area contributed by atoms with Gasteiger partial charge >= 0.3 is 5.97 Å². The number of allylic oxidation sites excluding steroid dienone is 1. The molecule has 2 N–H and O–H groups in total. The van der Waals surface area contributed by atoms with Crippen LogP contribution >= 0.6 is 11.3 Å². The van der Waals surface area contributed by atoms with Gasteiger partial charge in [-0.3, -0.25) is 4.79 Å². The quantitative estimate of drug-likeness (QED) is 0.756. The summed E-state index contributed by atoms with van der Waals surface area (Å²) in [5, 5.41) is 14.3. The zero-order valence-electron chi connectivity index (χ0n) is 13.7. The molecule has 2 rings (SSSR count). The molecule has 24 heavy (non-hydrogen) atoms. The average Bonchev–Trinajstić information content (AvgIpc) is 3.00. The number of aryl methyl sites for hydroxylation is 1. The van der Waals surface area contributed by atoms with Crippen molar-refractivity contribution >= 4 is 23.2 Å². The fraction of sp³-hybridized carbons (Fsp3) is 0.278. The van der Waals surface area contributed by atoms with Gasteiger partial charge in [0.2, 0.25) is 5.91 Å². The van der Waals surface area contributed by atoms with E-state index in [1.165, 1.54) is 16.9 Å². The van der Waals surface area contributed by atoms with Crippen molar-refractivity contribution in [2.24, 2.45) is 0 Å². The number of hydrogen-bond acceptors (Lipinski definition) is 4. The predicted molar refractivity (Wildman–Crippen MR) is 95.0 cm³/mol. The van der Waals surface area contributed by atoms with Crippen molar-refractivity contribution < 1.29 is 14.7 Å². The number of amides is 1. The van der Waals surface area contributed by atoms with Crippen molar-refractivity contribution in [1.82, 2.24) is 10.3 Å². The van der Waals surface area contributed by atoms with Gasteiger partial charge in [0.1, 0.15) is 11.0 Å². The Balaban J connectivity index is 1.99. The first-order chi connectivity index (χ1) is 11.5. The number of carboxylic acids is 1. The smallest absolute Gasteiger partial charge is 0.326 e. The Morgan fingerprint density at radius 1 is 1.33 bits per heavy atom. The number of nitrogens with zero attached hydrogens (tertiary/aromatic N) is 1. The van der Waals surface area contributed by atoms with Crippen LogP contribution in [-0.2, 0) is 16.0 Å². The van der Waals surface area contributed by atoms with Gasteiger partial charge in [0, 0.05) is 10.9 Å². The number of carbonyl (C=O) groups excluding carboxylic acids is 1. The number of aromatic nitrogens is 1. The van der Waals surface area contributed by atoms with Gasteiger partial charge in [0.05, 0.1) is 12.1 Å². The molecule has 1 heterocycles. The lowest BCUT2D eigenvalue weighted by Crippen LogP contribution is -2.41. The molecule has 6 heteroatoms. The first kappa shape index (κ1) is 17.9. The van der Waals surface area contributed by atoms with Crippen LogP contribution in [0, 0.1) is 6.92 Å². The Morgan fingerprint density at radius 2 is 2.04 bits per heavy atom. The summed E-state index contributed by atoms with van der Waals surface area (Å²) >= 11 is 1.47. The van der Waals surface area contributed by atoms with Gasteiger partial charge in [-0.1, -0.05) is 42.0 Å². The number of benzene rings is 1. The molecule has 0 saturated carbocycles. The van der Waals surface area contributed by atoms with Crippen LogP contribution in [0.4, 0.5) is 0 Å². The number of carboxylic acid groups (broad SMARTS) is 1. The summed E-state index contributed by atoms with van der Waals surface area (Å²) in [6, 6.07) is 7.11. The van der Waals surface area contributed by atoms with E-state index in [4.69, 9.17) is 5.11 Å². The molecule has 5 nitrogen and oxygen atoms in total. The highest BCUT2D eigenvalue weighted by atomic mass is 32.1. The molecule has 1 amide bonds. The molecule has 0 aliphatic heterocycles. The largest absolute Gasteiger partial charge is 0.480 e. The number of carbonyl (C=O) groups is 2. The summed E-state index contributed by atoms with van der Waals surface area (Å²) in [4.78, 5) is 27.7. The van der Waals surface area contributed by atoms with E-state index >= 15 is 0 Å². The molecule has 1 aromatic heterocycles. The first-order valence-electron chi connectivity index (χ1n) is 7.64. The Hall–Kier alpha value is -2.47. The minimum Gasteiger partial charge on any atom is -0.480 e. The minimum atomic E-state index is -1.04. The average molecular weight is 344 g/mol. The van der Waals surface area contributed by atoms with E-state index in [-0.39, 0.29) is 18.7 Å². The maximum Gasteiger partial charge on any atom is 0.326 e. The van der Waals surface area contributed by atoms with Crippen LogP contribution in [0.25, 0.3) is 10.6 Å². The highest BCUT2D eigenvalue weighted by Gasteiger charge is 2.19. The Bertz CT molecular complexity index is 735. The molecule has 0 bridgehead atoms. The highest BCUT2D eigenvalue weighted by Crippen LogP contribution is 2.24. The van der Waals surface area contributed by atoms with E-state index in [0.29, 0.717) is 5.69 Å². The molecule has 126 valence electrons. The molecule has 1 unspecified atom stereocenters. The molecule has 0 saturated heterocycles. The fourth-order valence-corrected chi connectivity index (χ4v) is 2.95. The molecule has 0 spiro atoms. The molecule has 1 atom stereocenters. The number of rotatable bonds is 7. The van der Waals surface area contributed by atoms with Gasteiger partial charge in [-0.15, -0.1) is 11.3 Å². The second-order valence-electron chi connectivity index (χ2n) is 5.45. The molecule has 0 aliphatic carbocycles. The summed E-state index contributed by atoms with van der Waals surface area (Å²) in [5.74, 6) is -1.38. The maximum absolute atomic E-state index is 12.0. The molecule has 0 aliphatic rings. The molecule has 2 aromatic rings. The van der Waals surface area contributed by atoms with Crippen molar-refractivity contribution in [1.29, 1.82) is 0 Å². The maximum atomic E-state index is 12.0. The second-order valence-corrected chi connectivity index (χ2v) is 6.31.